The smallest absolute Gasteiger partial charge is 0.0450 e. The normalized spacial score (nSPS) is 35.9. The zero-order valence-electron chi connectivity index (χ0n) is 12.9. The van der Waals surface area contributed by atoms with Crippen molar-refractivity contribution in [3.8, 4) is 0 Å². The quantitative estimate of drug-likeness (QED) is 0.885. The van der Waals surface area contributed by atoms with E-state index in [1.165, 1.54) is 37.8 Å². The van der Waals surface area contributed by atoms with E-state index in [9.17, 15) is 0 Å². The first-order valence-electron chi connectivity index (χ1n) is 8.28. The van der Waals surface area contributed by atoms with Crippen LogP contribution in [0.1, 0.15) is 51.1 Å². The minimum atomic E-state index is 0.506. The molecule has 2 fully saturated rings. The Morgan fingerprint density at radius 2 is 1.70 bits per heavy atom. The van der Waals surface area contributed by atoms with Gasteiger partial charge >= 0.3 is 0 Å². The predicted octanol–water partition coefficient (Wildman–Crippen LogP) is 3.60. The molecule has 0 aromatic heterocycles. The summed E-state index contributed by atoms with van der Waals surface area (Å²) in [5.41, 5.74) is 1.44. The first-order valence-corrected chi connectivity index (χ1v) is 8.28. The van der Waals surface area contributed by atoms with Crippen molar-refractivity contribution in [2.24, 2.45) is 5.92 Å². The monoisotopic (exact) mass is 272 g/mol. The Balaban J connectivity index is 1.67. The van der Waals surface area contributed by atoms with Crippen LogP contribution < -0.4 is 5.32 Å². The summed E-state index contributed by atoms with van der Waals surface area (Å²) in [5, 5.41) is 3.72. The van der Waals surface area contributed by atoms with Gasteiger partial charge in [-0.15, -0.1) is 0 Å². The molecule has 1 saturated carbocycles. The van der Waals surface area contributed by atoms with Gasteiger partial charge in [-0.1, -0.05) is 37.3 Å². The summed E-state index contributed by atoms with van der Waals surface area (Å²) in [5.74, 6) is 0.939. The highest BCUT2D eigenvalue weighted by Gasteiger charge is 2.32. The number of nitrogens with one attached hydrogen (secondary N) is 1. The Hall–Kier alpha value is -0.860. The van der Waals surface area contributed by atoms with E-state index in [0.29, 0.717) is 12.1 Å². The number of hydrogen-bond acceptors (Lipinski definition) is 2. The second-order valence-corrected chi connectivity index (χ2v) is 6.83. The van der Waals surface area contributed by atoms with Crippen LogP contribution in [0.25, 0.3) is 0 Å². The molecular weight excluding hydrogens is 244 g/mol. The highest BCUT2D eigenvalue weighted by atomic mass is 15.3. The fraction of sp³-hybridized carbons (Fsp3) is 0.667. The second kappa shape index (κ2) is 6.28. The third kappa shape index (κ3) is 3.07. The van der Waals surface area contributed by atoms with Crippen molar-refractivity contribution in [1.29, 1.82) is 0 Å². The SMILES string of the molecule is CC1CCC(N2CC(c3ccccc3)NCC2C)CC1. The molecule has 2 heteroatoms. The minimum Gasteiger partial charge on any atom is -0.307 e. The summed E-state index contributed by atoms with van der Waals surface area (Å²) >= 11 is 0. The maximum atomic E-state index is 3.72. The molecule has 110 valence electrons. The number of nitrogens with zero attached hydrogens (tertiary/aromatic N) is 1. The average molecular weight is 272 g/mol. The van der Waals surface area contributed by atoms with Crippen molar-refractivity contribution in [3.63, 3.8) is 0 Å². The molecule has 1 aromatic carbocycles. The maximum Gasteiger partial charge on any atom is 0.0450 e. The van der Waals surface area contributed by atoms with Crippen molar-refractivity contribution in [1.82, 2.24) is 10.2 Å². The summed E-state index contributed by atoms with van der Waals surface area (Å²) in [6.45, 7) is 7.08. The summed E-state index contributed by atoms with van der Waals surface area (Å²) in [4.78, 5) is 2.78. The molecule has 20 heavy (non-hydrogen) atoms. The van der Waals surface area contributed by atoms with Crippen molar-refractivity contribution in [2.75, 3.05) is 13.1 Å². The van der Waals surface area contributed by atoms with E-state index >= 15 is 0 Å². The van der Waals surface area contributed by atoms with Crippen LogP contribution >= 0.6 is 0 Å². The molecule has 1 heterocycles. The Bertz CT molecular complexity index is 409. The van der Waals surface area contributed by atoms with Crippen molar-refractivity contribution < 1.29 is 0 Å². The van der Waals surface area contributed by atoms with Gasteiger partial charge in [0.25, 0.3) is 0 Å². The van der Waals surface area contributed by atoms with E-state index in [1.807, 2.05) is 0 Å². The Morgan fingerprint density at radius 3 is 2.40 bits per heavy atom. The number of rotatable bonds is 2. The van der Waals surface area contributed by atoms with E-state index in [0.717, 1.165) is 18.5 Å². The molecule has 2 atom stereocenters. The molecule has 1 aliphatic carbocycles. The lowest BCUT2D eigenvalue weighted by atomic mass is 9.85. The number of piperazine rings is 1. The highest BCUT2D eigenvalue weighted by molar-refractivity contribution is 5.20. The molecule has 2 unspecified atom stereocenters. The zero-order chi connectivity index (χ0) is 13.9. The lowest BCUT2D eigenvalue weighted by Crippen LogP contribution is -2.55. The van der Waals surface area contributed by atoms with Gasteiger partial charge in [0.2, 0.25) is 0 Å². The summed E-state index contributed by atoms with van der Waals surface area (Å²) < 4.78 is 0. The first kappa shape index (κ1) is 14.1. The topological polar surface area (TPSA) is 15.3 Å². The predicted molar refractivity (Wildman–Crippen MR) is 84.8 cm³/mol. The Labute approximate surface area is 123 Å². The highest BCUT2D eigenvalue weighted by Crippen LogP contribution is 2.31. The van der Waals surface area contributed by atoms with Crippen LogP contribution in [-0.4, -0.2) is 30.1 Å². The maximum absolute atomic E-state index is 3.72. The van der Waals surface area contributed by atoms with Crippen LogP contribution in [0.3, 0.4) is 0 Å². The van der Waals surface area contributed by atoms with Crippen LogP contribution in [0.5, 0.6) is 0 Å². The van der Waals surface area contributed by atoms with Gasteiger partial charge in [0.15, 0.2) is 0 Å². The summed E-state index contributed by atoms with van der Waals surface area (Å²) in [6, 6.07) is 12.9. The van der Waals surface area contributed by atoms with Crippen LogP contribution in [0, 0.1) is 5.92 Å². The van der Waals surface area contributed by atoms with Crippen molar-refractivity contribution in [2.45, 2.75) is 57.7 Å². The van der Waals surface area contributed by atoms with E-state index in [1.54, 1.807) is 0 Å². The van der Waals surface area contributed by atoms with Gasteiger partial charge in [0, 0.05) is 31.2 Å². The lowest BCUT2D eigenvalue weighted by Gasteiger charge is -2.45. The van der Waals surface area contributed by atoms with E-state index in [2.05, 4.69) is 54.4 Å². The van der Waals surface area contributed by atoms with Gasteiger partial charge in [-0.05, 0) is 44.1 Å². The molecular formula is C18H28N2. The fourth-order valence-corrected chi connectivity index (χ4v) is 3.88. The van der Waals surface area contributed by atoms with Crippen LogP contribution in [0.15, 0.2) is 30.3 Å². The van der Waals surface area contributed by atoms with Gasteiger partial charge in [-0.25, -0.2) is 0 Å². The van der Waals surface area contributed by atoms with Crippen LogP contribution in [-0.2, 0) is 0 Å². The molecule has 1 saturated heterocycles. The van der Waals surface area contributed by atoms with Crippen molar-refractivity contribution >= 4 is 0 Å². The molecule has 1 N–H and O–H groups in total. The van der Waals surface area contributed by atoms with Crippen LogP contribution in [0.2, 0.25) is 0 Å². The van der Waals surface area contributed by atoms with Gasteiger partial charge in [-0.3, -0.25) is 4.90 Å². The van der Waals surface area contributed by atoms with Crippen molar-refractivity contribution in [3.05, 3.63) is 35.9 Å². The summed E-state index contributed by atoms with van der Waals surface area (Å²) in [7, 11) is 0. The molecule has 2 nitrogen and oxygen atoms in total. The number of hydrogen-bond donors (Lipinski definition) is 1. The van der Waals surface area contributed by atoms with E-state index in [-0.39, 0.29) is 0 Å². The largest absolute Gasteiger partial charge is 0.307 e. The number of benzene rings is 1. The molecule has 2 aliphatic rings. The molecule has 1 aliphatic heterocycles. The van der Waals surface area contributed by atoms with Gasteiger partial charge < -0.3 is 5.32 Å². The summed E-state index contributed by atoms with van der Waals surface area (Å²) in [6.07, 6.45) is 5.62. The van der Waals surface area contributed by atoms with Crippen LogP contribution in [0.4, 0.5) is 0 Å². The fourth-order valence-electron chi connectivity index (χ4n) is 3.88. The van der Waals surface area contributed by atoms with E-state index < -0.39 is 0 Å². The Morgan fingerprint density at radius 1 is 1.00 bits per heavy atom. The average Bonchev–Trinajstić information content (AvgIpc) is 2.50. The third-order valence-corrected chi connectivity index (χ3v) is 5.28. The molecule has 3 rings (SSSR count). The van der Waals surface area contributed by atoms with Gasteiger partial charge in [0.05, 0.1) is 0 Å². The lowest BCUT2D eigenvalue weighted by molar-refractivity contribution is 0.0621. The standard InChI is InChI=1S/C18H28N2/c1-14-8-10-17(11-9-14)20-13-18(19-12-15(20)2)16-6-4-3-5-7-16/h3-7,14-15,17-19H,8-13H2,1-2H3. The second-order valence-electron chi connectivity index (χ2n) is 6.83. The first-order chi connectivity index (χ1) is 9.74. The minimum absolute atomic E-state index is 0.506. The molecule has 0 bridgehead atoms. The van der Waals surface area contributed by atoms with Gasteiger partial charge in [0.1, 0.15) is 0 Å². The zero-order valence-corrected chi connectivity index (χ0v) is 12.9. The molecule has 0 radical (unpaired) electrons. The Kier molecular flexibility index (Phi) is 4.42. The van der Waals surface area contributed by atoms with E-state index in [4.69, 9.17) is 0 Å². The molecule has 0 spiro atoms. The third-order valence-electron chi connectivity index (χ3n) is 5.28. The molecule has 1 aromatic rings. The van der Waals surface area contributed by atoms with Gasteiger partial charge in [-0.2, -0.15) is 0 Å². The molecule has 0 amide bonds.